The summed E-state index contributed by atoms with van der Waals surface area (Å²) in [4.78, 5) is 49.3. The summed E-state index contributed by atoms with van der Waals surface area (Å²) in [6.45, 7) is 0.126. The quantitative estimate of drug-likeness (QED) is 0.290. The van der Waals surface area contributed by atoms with Gasteiger partial charge in [0.2, 0.25) is 5.95 Å². The molecule has 190 valence electrons. The molecule has 5 rings (SSSR count). The molecule has 0 unspecified atom stereocenters. The van der Waals surface area contributed by atoms with Crippen LogP contribution in [0.3, 0.4) is 0 Å². The SMILES string of the molecule is O=C(Nc1nc2ncn(C[C@H](COc3ccccc3)OC(=O)c3ccccc3)c2c(=O)[nH]1)c1ccccc1. The molecule has 0 fully saturated rings. The lowest BCUT2D eigenvalue weighted by Crippen LogP contribution is -2.30. The Labute approximate surface area is 216 Å². The highest BCUT2D eigenvalue weighted by Gasteiger charge is 2.21. The van der Waals surface area contributed by atoms with Crippen LogP contribution < -0.4 is 15.6 Å². The first kappa shape index (κ1) is 24.4. The van der Waals surface area contributed by atoms with Crippen LogP contribution in [0.25, 0.3) is 11.2 Å². The number of aromatic amines is 1. The smallest absolute Gasteiger partial charge is 0.338 e. The molecule has 10 nitrogen and oxygen atoms in total. The summed E-state index contributed by atoms with van der Waals surface area (Å²) in [5, 5.41) is 2.58. The fraction of sp³-hybridized carbons (Fsp3) is 0.107. The number of H-pyrrole nitrogens is 1. The van der Waals surface area contributed by atoms with Gasteiger partial charge in [0.05, 0.1) is 18.4 Å². The number of esters is 1. The number of carbonyl (C=O) groups is 2. The van der Waals surface area contributed by atoms with Crippen molar-refractivity contribution in [3.05, 3.63) is 119 Å². The molecular weight excluding hydrogens is 486 g/mol. The Balaban J connectivity index is 1.37. The minimum atomic E-state index is -0.753. The van der Waals surface area contributed by atoms with E-state index in [-0.39, 0.29) is 30.3 Å². The largest absolute Gasteiger partial charge is 0.490 e. The van der Waals surface area contributed by atoms with E-state index in [0.717, 1.165) is 0 Å². The molecule has 2 aromatic heterocycles. The average Bonchev–Trinajstić information content (AvgIpc) is 3.36. The lowest BCUT2D eigenvalue weighted by Gasteiger charge is -2.19. The van der Waals surface area contributed by atoms with Crippen LogP contribution in [0, 0.1) is 0 Å². The predicted molar refractivity (Wildman–Crippen MR) is 140 cm³/mol. The first-order chi connectivity index (χ1) is 18.6. The Morgan fingerprint density at radius 2 is 1.53 bits per heavy atom. The fourth-order valence-corrected chi connectivity index (χ4v) is 3.80. The minimum Gasteiger partial charge on any atom is -0.490 e. The van der Waals surface area contributed by atoms with Gasteiger partial charge in [-0.3, -0.25) is 19.9 Å². The second-order valence-electron chi connectivity index (χ2n) is 8.32. The van der Waals surface area contributed by atoms with Crippen LogP contribution in [0.2, 0.25) is 0 Å². The summed E-state index contributed by atoms with van der Waals surface area (Å²) in [5.41, 5.74) is 0.610. The second kappa shape index (κ2) is 11.2. The predicted octanol–water partition coefficient (Wildman–Crippen LogP) is 3.68. The van der Waals surface area contributed by atoms with E-state index in [1.165, 1.54) is 6.33 Å². The third-order valence-electron chi connectivity index (χ3n) is 5.61. The van der Waals surface area contributed by atoms with Gasteiger partial charge in [-0.2, -0.15) is 4.98 Å². The Hall–Kier alpha value is -5.25. The molecule has 1 amide bonds. The van der Waals surface area contributed by atoms with Gasteiger partial charge in [0.15, 0.2) is 17.3 Å². The molecule has 5 aromatic rings. The standard InChI is InChI=1S/C28H23N5O5/c34-25(19-10-4-1-5-11-19)31-28-30-24-23(26(35)32-28)33(18-29-24)16-22(17-37-21-14-8-3-9-15-21)38-27(36)20-12-6-2-7-13-20/h1-15,18,22H,16-17H2,(H2,30,31,32,34,35)/t22-/m1/s1. The number of benzene rings is 3. The zero-order valence-electron chi connectivity index (χ0n) is 20.1. The number of nitrogens with one attached hydrogen (secondary N) is 2. The number of carbonyl (C=O) groups excluding carboxylic acids is 2. The van der Waals surface area contributed by atoms with Gasteiger partial charge >= 0.3 is 5.97 Å². The first-order valence-electron chi connectivity index (χ1n) is 11.8. The molecule has 2 heterocycles. The van der Waals surface area contributed by atoms with Crippen molar-refractivity contribution in [3.63, 3.8) is 0 Å². The summed E-state index contributed by atoms with van der Waals surface area (Å²) in [5.74, 6) is -0.351. The third-order valence-corrected chi connectivity index (χ3v) is 5.61. The van der Waals surface area contributed by atoms with E-state index in [2.05, 4.69) is 20.3 Å². The van der Waals surface area contributed by atoms with Crippen LogP contribution in [0.5, 0.6) is 5.75 Å². The Morgan fingerprint density at radius 3 is 2.21 bits per heavy atom. The van der Waals surface area contributed by atoms with E-state index >= 15 is 0 Å². The van der Waals surface area contributed by atoms with Gasteiger partial charge in [-0.15, -0.1) is 0 Å². The van der Waals surface area contributed by atoms with Gasteiger partial charge in [-0.05, 0) is 36.4 Å². The summed E-state index contributed by atoms with van der Waals surface area (Å²) in [6, 6.07) is 26.3. The van der Waals surface area contributed by atoms with E-state index in [1.807, 2.05) is 18.2 Å². The van der Waals surface area contributed by atoms with Crippen molar-refractivity contribution in [2.45, 2.75) is 12.6 Å². The zero-order valence-corrected chi connectivity index (χ0v) is 20.1. The van der Waals surface area contributed by atoms with Crippen molar-refractivity contribution >= 4 is 29.0 Å². The number of imidazole rings is 1. The molecule has 0 aliphatic rings. The molecule has 0 bridgehead atoms. The number of anilines is 1. The van der Waals surface area contributed by atoms with Crippen molar-refractivity contribution in [2.75, 3.05) is 11.9 Å². The van der Waals surface area contributed by atoms with Crippen molar-refractivity contribution in [1.82, 2.24) is 19.5 Å². The molecule has 0 radical (unpaired) electrons. The number of nitrogens with zero attached hydrogens (tertiary/aromatic N) is 3. The van der Waals surface area contributed by atoms with Crippen molar-refractivity contribution in [2.24, 2.45) is 0 Å². The number of hydrogen-bond acceptors (Lipinski definition) is 7. The van der Waals surface area contributed by atoms with Crippen molar-refractivity contribution in [1.29, 1.82) is 0 Å². The van der Waals surface area contributed by atoms with Gasteiger partial charge in [-0.25, -0.2) is 9.78 Å². The number of rotatable bonds is 9. The average molecular weight is 510 g/mol. The maximum atomic E-state index is 13.0. The highest BCUT2D eigenvalue weighted by Crippen LogP contribution is 2.14. The molecule has 10 heteroatoms. The molecule has 3 aromatic carbocycles. The molecule has 0 saturated carbocycles. The van der Waals surface area contributed by atoms with E-state index in [9.17, 15) is 14.4 Å². The molecule has 38 heavy (non-hydrogen) atoms. The fourth-order valence-electron chi connectivity index (χ4n) is 3.80. The molecule has 0 saturated heterocycles. The van der Waals surface area contributed by atoms with E-state index in [4.69, 9.17) is 9.47 Å². The lowest BCUT2D eigenvalue weighted by atomic mass is 10.2. The van der Waals surface area contributed by atoms with Gasteiger partial charge in [0, 0.05) is 5.56 Å². The minimum absolute atomic E-state index is 0.0268. The van der Waals surface area contributed by atoms with Crippen molar-refractivity contribution in [3.8, 4) is 5.75 Å². The van der Waals surface area contributed by atoms with Gasteiger partial charge < -0.3 is 14.0 Å². The zero-order chi connectivity index (χ0) is 26.3. The summed E-state index contributed by atoms with van der Waals surface area (Å²) in [6.07, 6.45) is 0.679. The Bertz CT molecular complexity index is 1600. The van der Waals surface area contributed by atoms with Crippen LogP contribution >= 0.6 is 0 Å². The van der Waals surface area contributed by atoms with Crippen LogP contribution in [-0.4, -0.2) is 44.1 Å². The Morgan fingerprint density at radius 1 is 0.895 bits per heavy atom. The van der Waals surface area contributed by atoms with E-state index in [0.29, 0.717) is 16.9 Å². The molecule has 0 spiro atoms. The van der Waals surface area contributed by atoms with E-state index < -0.39 is 23.5 Å². The van der Waals surface area contributed by atoms with Crippen LogP contribution in [0.1, 0.15) is 20.7 Å². The van der Waals surface area contributed by atoms with E-state index in [1.54, 1.807) is 77.4 Å². The summed E-state index contributed by atoms with van der Waals surface area (Å²) < 4.78 is 13.1. The molecule has 0 aliphatic heterocycles. The van der Waals surface area contributed by atoms with Crippen LogP contribution in [0.4, 0.5) is 5.95 Å². The normalized spacial score (nSPS) is 11.6. The number of fused-ring (bicyclic) bond motifs is 1. The number of aromatic nitrogens is 4. The van der Waals surface area contributed by atoms with Gasteiger partial charge in [0.1, 0.15) is 12.4 Å². The lowest BCUT2D eigenvalue weighted by molar-refractivity contribution is 0.0128. The van der Waals surface area contributed by atoms with Gasteiger partial charge in [-0.1, -0.05) is 54.6 Å². The third kappa shape index (κ3) is 5.76. The molecule has 1 atom stereocenters. The van der Waals surface area contributed by atoms with Gasteiger partial charge in [0.25, 0.3) is 11.5 Å². The van der Waals surface area contributed by atoms with Crippen molar-refractivity contribution < 1.29 is 19.1 Å². The number of hydrogen-bond donors (Lipinski definition) is 2. The maximum absolute atomic E-state index is 13.0. The number of para-hydroxylation sites is 1. The highest BCUT2D eigenvalue weighted by atomic mass is 16.6. The summed E-state index contributed by atoms with van der Waals surface area (Å²) in [7, 11) is 0. The monoisotopic (exact) mass is 509 g/mol. The number of ether oxygens (including phenoxy) is 2. The van der Waals surface area contributed by atoms with Crippen LogP contribution in [-0.2, 0) is 11.3 Å². The summed E-state index contributed by atoms with van der Waals surface area (Å²) >= 11 is 0. The maximum Gasteiger partial charge on any atom is 0.338 e. The van der Waals surface area contributed by atoms with Crippen LogP contribution in [0.15, 0.2) is 102 Å². The molecule has 2 N–H and O–H groups in total. The molecule has 0 aliphatic carbocycles. The molecular formula is C28H23N5O5. The Kier molecular flexibility index (Phi) is 7.21. The highest BCUT2D eigenvalue weighted by molar-refractivity contribution is 6.03. The topological polar surface area (TPSA) is 128 Å². The number of amides is 1. The first-order valence-corrected chi connectivity index (χ1v) is 11.8. The second-order valence-corrected chi connectivity index (χ2v) is 8.32.